The second-order valence-electron chi connectivity index (χ2n) is 3.59. The van der Waals surface area contributed by atoms with Crippen LogP contribution in [0.25, 0.3) is 22.6 Å². The molecule has 0 aliphatic heterocycles. The predicted octanol–water partition coefficient (Wildman–Crippen LogP) is 4.80. The van der Waals surface area contributed by atoms with Crippen molar-refractivity contribution in [3.63, 3.8) is 0 Å². The molecule has 2 heterocycles. The van der Waals surface area contributed by atoms with Crippen LogP contribution in [0.3, 0.4) is 0 Å². The fourth-order valence-corrected chi connectivity index (χ4v) is 2.23. The average molecular weight is 391 g/mol. The van der Waals surface area contributed by atoms with E-state index in [-0.39, 0.29) is 0 Å². The predicted molar refractivity (Wildman–Crippen MR) is 80.0 cm³/mol. The summed E-state index contributed by atoms with van der Waals surface area (Å²) in [6.07, 6.45) is 0. The summed E-state index contributed by atoms with van der Waals surface area (Å²) in [6, 6.07) is 9.55. The van der Waals surface area contributed by atoms with Crippen molar-refractivity contribution in [1.82, 2.24) is 9.97 Å². The zero-order valence-corrected chi connectivity index (χ0v) is 12.5. The first-order valence-electron chi connectivity index (χ1n) is 5.02. The molecule has 3 rings (SSSR count). The highest BCUT2D eigenvalue weighted by Gasteiger charge is 2.13. The van der Waals surface area contributed by atoms with Crippen LogP contribution in [0, 0.1) is 3.57 Å². The van der Waals surface area contributed by atoms with Crippen molar-refractivity contribution in [1.29, 1.82) is 0 Å². The fourth-order valence-electron chi connectivity index (χ4n) is 1.60. The van der Waals surface area contributed by atoms with Crippen LogP contribution in [-0.4, -0.2) is 9.97 Å². The third kappa shape index (κ3) is 2.08. The van der Waals surface area contributed by atoms with Crippen LogP contribution in [0.4, 0.5) is 0 Å². The molecule has 0 aliphatic rings. The number of fused-ring (bicyclic) bond motifs is 1. The molecule has 0 fully saturated rings. The Morgan fingerprint density at radius 2 is 1.72 bits per heavy atom. The number of furan rings is 1. The van der Waals surface area contributed by atoms with Gasteiger partial charge in [0.25, 0.3) is 0 Å². The van der Waals surface area contributed by atoms with Crippen LogP contribution in [0.2, 0.25) is 10.3 Å². The van der Waals surface area contributed by atoms with Gasteiger partial charge in [-0.2, -0.15) is 0 Å². The van der Waals surface area contributed by atoms with Crippen LogP contribution in [0.1, 0.15) is 0 Å². The lowest BCUT2D eigenvalue weighted by Crippen LogP contribution is -1.92. The van der Waals surface area contributed by atoms with Gasteiger partial charge < -0.3 is 4.42 Å². The third-order valence-corrected chi connectivity index (χ3v) is 4.62. The van der Waals surface area contributed by atoms with Crippen LogP contribution in [0.15, 0.2) is 34.7 Å². The summed E-state index contributed by atoms with van der Waals surface area (Å²) >= 11 is 14.0. The maximum atomic E-state index is 5.98. The number of aromatic nitrogens is 2. The van der Waals surface area contributed by atoms with Crippen LogP contribution >= 0.6 is 45.8 Å². The molecular formula is C12H5Cl2IN2O. The summed E-state index contributed by atoms with van der Waals surface area (Å²) in [5.41, 5.74) is 0.780. The molecule has 3 nitrogen and oxygen atoms in total. The van der Waals surface area contributed by atoms with Gasteiger partial charge in [-0.1, -0.05) is 41.4 Å². The molecule has 0 aliphatic carbocycles. The minimum atomic E-state index is 0.325. The second-order valence-corrected chi connectivity index (χ2v) is 5.39. The van der Waals surface area contributed by atoms with Gasteiger partial charge in [-0.3, -0.25) is 0 Å². The third-order valence-electron chi connectivity index (χ3n) is 2.42. The summed E-state index contributed by atoms with van der Waals surface area (Å²) in [5, 5.41) is 1.64. The molecule has 0 spiro atoms. The molecule has 18 heavy (non-hydrogen) atoms. The molecule has 3 aromatic rings. The fraction of sp³-hybridized carbons (Fsp3) is 0. The number of hydrogen-bond donors (Lipinski definition) is 0. The molecular weight excluding hydrogens is 386 g/mol. The largest absolute Gasteiger partial charge is 0.453 e. The zero-order valence-electron chi connectivity index (χ0n) is 8.82. The quantitative estimate of drug-likeness (QED) is 0.442. The van der Waals surface area contributed by atoms with E-state index in [4.69, 9.17) is 27.6 Å². The molecule has 90 valence electrons. The van der Waals surface area contributed by atoms with E-state index in [1.807, 2.05) is 52.9 Å². The first-order chi connectivity index (χ1) is 8.65. The number of hydrogen-bond acceptors (Lipinski definition) is 3. The van der Waals surface area contributed by atoms with Gasteiger partial charge in [0.2, 0.25) is 0 Å². The highest BCUT2D eigenvalue weighted by atomic mass is 127. The molecule has 0 N–H and O–H groups in total. The maximum absolute atomic E-state index is 5.98. The molecule has 0 amide bonds. The lowest BCUT2D eigenvalue weighted by molar-refractivity contribution is 0.625. The van der Waals surface area contributed by atoms with Crippen LogP contribution < -0.4 is 0 Å². The first kappa shape index (κ1) is 12.2. The number of halogens is 3. The summed E-state index contributed by atoms with van der Waals surface area (Å²) in [6.45, 7) is 0. The van der Waals surface area contributed by atoms with Crippen molar-refractivity contribution in [3.8, 4) is 11.6 Å². The number of rotatable bonds is 1. The van der Waals surface area contributed by atoms with Crippen molar-refractivity contribution in [2.24, 2.45) is 0 Å². The van der Waals surface area contributed by atoms with Gasteiger partial charge in [-0.15, -0.1) is 0 Å². The Balaban J connectivity index is 2.20. The molecule has 0 unspecified atom stereocenters. The molecule has 0 bridgehead atoms. The lowest BCUT2D eigenvalue weighted by atomic mass is 10.2. The standard InChI is InChI=1S/C12H5Cl2IN2O/c13-10-9(15)11(14)17-12(16-10)8-5-6-3-1-2-4-7(6)18-8/h1-5H. The lowest BCUT2D eigenvalue weighted by Gasteiger charge is -2.00. The summed E-state index contributed by atoms with van der Waals surface area (Å²) in [7, 11) is 0. The molecule has 6 heteroatoms. The van der Waals surface area contributed by atoms with Crippen molar-refractivity contribution < 1.29 is 4.42 Å². The first-order valence-corrected chi connectivity index (χ1v) is 6.86. The van der Waals surface area contributed by atoms with Gasteiger partial charge in [0, 0.05) is 5.39 Å². The zero-order chi connectivity index (χ0) is 12.7. The van der Waals surface area contributed by atoms with Crippen molar-refractivity contribution in [2.75, 3.05) is 0 Å². The Morgan fingerprint density at radius 3 is 2.39 bits per heavy atom. The smallest absolute Gasteiger partial charge is 0.198 e. The molecule has 1 aromatic carbocycles. The molecule has 2 aromatic heterocycles. The van der Waals surface area contributed by atoms with E-state index in [1.165, 1.54) is 0 Å². The van der Waals surface area contributed by atoms with Crippen LogP contribution in [0.5, 0.6) is 0 Å². The van der Waals surface area contributed by atoms with Gasteiger partial charge >= 0.3 is 0 Å². The van der Waals surface area contributed by atoms with E-state index in [2.05, 4.69) is 9.97 Å². The summed E-state index contributed by atoms with van der Waals surface area (Å²) < 4.78 is 6.29. The highest BCUT2D eigenvalue weighted by molar-refractivity contribution is 14.1. The van der Waals surface area contributed by atoms with E-state index >= 15 is 0 Å². The SMILES string of the molecule is Clc1nc(-c2cc3ccccc3o2)nc(Cl)c1I. The Hall–Kier alpha value is -0.850. The maximum Gasteiger partial charge on any atom is 0.198 e. The van der Waals surface area contributed by atoms with E-state index in [1.54, 1.807) is 0 Å². The van der Waals surface area contributed by atoms with Gasteiger partial charge in [-0.25, -0.2) is 9.97 Å². The molecule has 0 atom stereocenters. The second kappa shape index (κ2) is 4.68. The Labute approximate surface area is 126 Å². The monoisotopic (exact) mass is 390 g/mol. The molecule has 0 radical (unpaired) electrons. The van der Waals surface area contributed by atoms with E-state index < -0.39 is 0 Å². The number of benzene rings is 1. The summed E-state index contributed by atoms with van der Waals surface area (Å²) in [5.74, 6) is 0.943. The van der Waals surface area contributed by atoms with Crippen molar-refractivity contribution in [2.45, 2.75) is 0 Å². The van der Waals surface area contributed by atoms with Gasteiger partial charge in [-0.05, 0) is 34.7 Å². The van der Waals surface area contributed by atoms with Gasteiger partial charge in [0.15, 0.2) is 11.6 Å². The minimum absolute atomic E-state index is 0.325. The average Bonchev–Trinajstić information content (AvgIpc) is 2.79. The number of para-hydroxylation sites is 1. The van der Waals surface area contributed by atoms with Crippen molar-refractivity contribution >= 4 is 56.8 Å². The van der Waals surface area contributed by atoms with Crippen molar-refractivity contribution in [3.05, 3.63) is 44.2 Å². The van der Waals surface area contributed by atoms with Gasteiger partial charge in [0.1, 0.15) is 15.9 Å². The van der Waals surface area contributed by atoms with Crippen LogP contribution in [-0.2, 0) is 0 Å². The summed E-state index contributed by atoms with van der Waals surface area (Å²) in [4.78, 5) is 8.34. The Kier molecular flexibility index (Phi) is 3.17. The van der Waals surface area contributed by atoms with Gasteiger partial charge in [0.05, 0.1) is 3.57 Å². The highest BCUT2D eigenvalue weighted by Crippen LogP contribution is 2.29. The van der Waals surface area contributed by atoms with E-state index in [0.717, 1.165) is 11.0 Å². The van der Waals surface area contributed by atoms with E-state index in [0.29, 0.717) is 25.5 Å². The molecule has 0 saturated carbocycles. The Morgan fingerprint density at radius 1 is 1.06 bits per heavy atom. The Bertz CT molecular complexity index is 686. The van der Waals surface area contributed by atoms with E-state index in [9.17, 15) is 0 Å². The normalized spacial score (nSPS) is 11.1. The number of nitrogens with zero attached hydrogens (tertiary/aromatic N) is 2. The topological polar surface area (TPSA) is 38.9 Å². The minimum Gasteiger partial charge on any atom is -0.453 e. The molecule has 0 saturated heterocycles.